The molecule has 0 rings (SSSR count). The lowest BCUT2D eigenvalue weighted by Gasteiger charge is -2.23. The predicted octanol–water partition coefficient (Wildman–Crippen LogP) is 3.76. The summed E-state index contributed by atoms with van der Waals surface area (Å²) in [5.74, 6) is -0.995. The second-order valence-corrected chi connectivity index (χ2v) is 6.92. The van der Waals surface area contributed by atoms with Crippen LogP contribution in [0.4, 0.5) is 0 Å². The van der Waals surface area contributed by atoms with Gasteiger partial charge in [0.1, 0.15) is 0 Å². The molecule has 3 heteroatoms. The number of unbranched alkanes of at least 4 members (excludes halogenated alkanes) is 9. The minimum atomic E-state index is -0.995. The van der Waals surface area contributed by atoms with Crippen LogP contribution < -0.4 is 5.11 Å². The Morgan fingerprint density at radius 3 is 1.38 bits per heavy atom. The van der Waals surface area contributed by atoms with Crippen LogP contribution in [0.25, 0.3) is 0 Å². The van der Waals surface area contributed by atoms with E-state index in [1.807, 2.05) is 0 Å². The molecule has 0 unspecified atom stereocenters. The van der Waals surface area contributed by atoms with Crippen molar-refractivity contribution in [3.05, 3.63) is 0 Å². The third-order valence-corrected chi connectivity index (χ3v) is 3.47. The number of hydrogen-bond acceptors (Lipinski definition) is 2. The fourth-order valence-corrected chi connectivity index (χ4v) is 2.07. The van der Waals surface area contributed by atoms with E-state index in [0.717, 1.165) is 4.48 Å². The van der Waals surface area contributed by atoms with Crippen LogP contribution in [0.3, 0.4) is 0 Å². The van der Waals surface area contributed by atoms with Crippen LogP contribution in [0.15, 0.2) is 0 Å². The molecule has 0 atom stereocenters. The number of carbonyl (C=O) groups is 1. The first-order valence-electron chi connectivity index (χ1n) is 8.83. The average Bonchev–Trinajstić information content (AvgIpc) is 2.40. The first-order chi connectivity index (χ1) is 9.83. The molecule has 0 fully saturated rings. The van der Waals surface area contributed by atoms with Gasteiger partial charge in [0.25, 0.3) is 0 Å². The van der Waals surface area contributed by atoms with Crippen molar-refractivity contribution in [2.75, 3.05) is 27.7 Å². The number of rotatable bonds is 12. The fraction of sp³-hybridized carbons (Fsp3) is 0.944. The molecule has 0 aliphatic heterocycles. The van der Waals surface area contributed by atoms with Gasteiger partial charge < -0.3 is 14.4 Å². The topological polar surface area (TPSA) is 40.1 Å². The molecule has 0 aliphatic rings. The molecule has 0 bridgehead atoms. The van der Waals surface area contributed by atoms with Crippen LogP contribution in [0.2, 0.25) is 0 Å². The van der Waals surface area contributed by atoms with Crippen molar-refractivity contribution in [3.63, 3.8) is 0 Å². The van der Waals surface area contributed by atoms with Gasteiger partial charge in [-0.1, -0.05) is 65.2 Å². The van der Waals surface area contributed by atoms with Crippen LogP contribution in [-0.2, 0) is 4.79 Å². The maximum absolute atomic E-state index is 9.26. The molecule has 0 heterocycles. The number of aliphatic carboxylic acids is 1. The number of nitrogens with zero attached hydrogens (tertiary/aromatic N) is 1. The number of carbonyl (C=O) groups excluding carboxylic acids is 1. The summed E-state index contributed by atoms with van der Waals surface area (Å²) < 4.78 is 1.12. The molecule has 0 aromatic heterocycles. The summed E-state index contributed by atoms with van der Waals surface area (Å²) in [5, 5.41) is 9.26. The third-order valence-electron chi connectivity index (χ3n) is 3.47. The Labute approximate surface area is 133 Å². The van der Waals surface area contributed by atoms with Crippen LogP contribution in [-0.4, -0.2) is 38.1 Å². The summed E-state index contributed by atoms with van der Waals surface area (Å²) >= 11 is 0. The van der Waals surface area contributed by atoms with Crippen molar-refractivity contribution >= 4 is 5.97 Å². The quantitative estimate of drug-likeness (QED) is 0.407. The monoisotopic (exact) mass is 301 g/mol. The van der Waals surface area contributed by atoms with E-state index >= 15 is 0 Å². The largest absolute Gasteiger partial charge is 0.550 e. The second-order valence-electron chi connectivity index (χ2n) is 6.92. The Morgan fingerprint density at radius 1 is 0.762 bits per heavy atom. The Kier molecular flexibility index (Phi) is 17.1. The number of quaternary nitrogens is 1. The minimum Gasteiger partial charge on any atom is -0.550 e. The molecule has 0 radical (unpaired) electrons. The Balaban J connectivity index is 0. The van der Waals surface area contributed by atoms with Gasteiger partial charge in [-0.3, -0.25) is 0 Å². The molecule has 0 aromatic rings. The van der Waals surface area contributed by atoms with Crippen molar-refractivity contribution in [3.8, 4) is 0 Å². The summed E-state index contributed by atoms with van der Waals surface area (Å²) in [4.78, 5) is 9.26. The first kappa shape index (κ1) is 22.7. The molecule has 0 aliphatic carbocycles. The van der Waals surface area contributed by atoms with Gasteiger partial charge in [-0.05, 0) is 19.3 Å². The lowest BCUT2D eigenvalue weighted by atomic mass is 10.1. The Bertz CT molecular complexity index is 222. The second kappa shape index (κ2) is 15.8. The predicted molar refractivity (Wildman–Crippen MR) is 90.0 cm³/mol. The smallest absolute Gasteiger partial charge is 0.0780 e. The number of carboxylic acid groups (broad SMARTS) is 1. The zero-order chi connectivity index (χ0) is 16.6. The summed E-state index contributed by atoms with van der Waals surface area (Å²) in [5.41, 5.74) is 0. The van der Waals surface area contributed by atoms with E-state index in [2.05, 4.69) is 28.1 Å². The van der Waals surface area contributed by atoms with Gasteiger partial charge in [0.2, 0.25) is 0 Å². The van der Waals surface area contributed by atoms with E-state index in [-0.39, 0.29) is 6.42 Å². The van der Waals surface area contributed by atoms with Gasteiger partial charge >= 0.3 is 0 Å². The molecule has 0 N–H and O–H groups in total. The van der Waals surface area contributed by atoms with Gasteiger partial charge in [-0.2, -0.15) is 0 Å². The van der Waals surface area contributed by atoms with E-state index in [1.165, 1.54) is 77.7 Å². The van der Waals surface area contributed by atoms with Crippen molar-refractivity contribution in [2.24, 2.45) is 0 Å². The molecule has 0 spiro atoms. The van der Waals surface area contributed by atoms with E-state index in [0.29, 0.717) is 0 Å². The zero-order valence-electron chi connectivity index (χ0n) is 15.2. The lowest BCUT2D eigenvalue weighted by molar-refractivity contribution is -0.870. The van der Waals surface area contributed by atoms with E-state index in [4.69, 9.17) is 0 Å². The highest BCUT2D eigenvalue weighted by atomic mass is 16.4. The SMILES string of the molecule is CCC(=O)[O-].CCCCCCCCCCCC[N+](C)(C)C. The molecule has 0 aromatic carbocycles. The van der Waals surface area contributed by atoms with Crippen molar-refractivity contribution in [1.29, 1.82) is 0 Å². The molecule has 21 heavy (non-hydrogen) atoms. The number of hydrogen-bond donors (Lipinski definition) is 0. The Hall–Kier alpha value is -0.570. The van der Waals surface area contributed by atoms with Gasteiger partial charge in [0.15, 0.2) is 0 Å². The zero-order valence-corrected chi connectivity index (χ0v) is 15.2. The lowest BCUT2D eigenvalue weighted by Crippen LogP contribution is -2.35. The maximum Gasteiger partial charge on any atom is 0.0780 e. The van der Waals surface area contributed by atoms with E-state index in [9.17, 15) is 9.90 Å². The normalized spacial score (nSPS) is 10.9. The summed E-state index contributed by atoms with van der Waals surface area (Å²) in [7, 11) is 6.86. The summed E-state index contributed by atoms with van der Waals surface area (Å²) in [6.45, 7) is 5.15. The molecule has 0 saturated carbocycles. The van der Waals surface area contributed by atoms with Crippen molar-refractivity contribution in [1.82, 2.24) is 0 Å². The third kappa shape index (κ3) is 28.3. The van der Waals surface area contributed by atoms with Gasteiger partial charge in [0, 0.05) is 5.97 Å². The van der Waals surface area contributed by atoms with Gasteiger partial charge in [-0.25, -0.2) is 0 Å². The van der Waals surface area contributed by atoms with E-state index in [1.54, 1.807) is 0 Å². The number of carboxylic acids is 1. The van der Waals surface area contributed by atoms with Crippen molar-refractivity contribution < 1.29 is 14.4 Å². The van der Waals surface area contributed by atoms with Gasteiger partial charge in [0.05, 0.1) is 27.7 Å². The fourth-order valence-electron chi connectivity index (χ4n) is 2.07. The minimum absolute atomic E-state index is 0.111. The summed E-state index contributed by atoms with van der Waals surface area (Å²) in [6.07, 6.45) is 14.5. The standard InChI is InChI=1S/C15H34N.C3H6O2/c1-5-6-7-8-9-10-11-12-13-14-15-16(2,3)4;1-2-3(4)5/h5-15H2,1-4H3;2H2,1H3,(H,4,5)/q+1;/p-1. The highest BCUT2D eigenvalue weighted by Gasteiger charge is 2.04. The first-order valence-corrected chi connectivity index (χ1v) is 8.83. The van der Waals surface area contributed by atoms with Gasteiger partial charge in [-0.15, -0.1) is 0 Å². The molecule has 0 amide bonds. The van der Waals surface area contributed by atoms with Crippen LogP contribution in [0, 0.1) is 0 Å². The summed E-state index contributed by atoms with van der Waals surface area (Å²) in [6, 6.07) is 0. The highest BCUT2D eigenvalue weighted by Crippen LogP contribution is 2.10. The van der Waals surface area contributed by atoms with Crippen molar-refractivity contribution in [2.45, 2.75) is 84.5 Å². The van der Waals surface area contributed by atoms with Crippen LogP contribution in [0.1, 0.15) is 84.5 Å². The highest BCUT2D eigenvalue weighted by molar-refractivity contribution is 5.63. The molecule has 3 nitrogen and oxygen atoms in total. The van der Waals surface area contributed by atoms with Crippen LogP contribution in [0.5, 0.6) is 0 Å². The van der Waals surface area contributed by atoms with E-state index < -0.39 is 5.97 Å². The molecular formula is C18H39NO2. The Morgan fingerprint density at radius 2 is 1.10 bits per heavy atom. The van der Waals surface area contributed by atoms with Crippen LogP contribution >= 0.6 is 0 Å². The molecular weight excluding hydrogens is 262 g/mol. The maximum atomic E-state index is 9.26. The average molecular weight is 302 g/mol. The molecule has 0 saturated heterocycles. The molecule has 128 valence electrons.